The van der Waals surface area contributed by atoms with Crippen molar-refractivity contribution < 1.29 is 14.3 Å². The van der Waals surface area contributed by atoms with E-state index >= 15 is 0 Å². The lowest BCUT2D eigenvalue weighted by molar-refractivity contribution is -0.150. The molecule has 6 heteroatoms. The van der Waals surface area contributed by atoms with Crippen LogP contribution >= 0.6 is 11.8 Å². The van der Waals surface area contributed by atoms with Crippen LogP contribution in [0.2, 0.25) is 0 Å². The Morgan fingerprint density at radius 1 is 1.56 bits per heavy atom. The Balaban J connectivity index is 2.52. The van der Waals surface area contributed by atoms with E-state index < -0.39 is 5.54 Å². The lowest BCUT2D eigenvalue weighted by Crippen LogP contribution is -2.53. The molecule has 18 heavy (non-hydrogen) atoms. The molecule has 2 unspecified atom stereocenters. The van der Waals surface area contributed by atoms with Crippen LogP contribution in [0.25, 0.3) is 0 Å². The SMILES string of the molecule is CNC1(C(=O)OC)CCCC1CCSCC(N)=O. The highest BCUT2D eigenvalue weighted by molar-refractivity contribution is 7.99. The van der Waals surface area contributed by atoms with Gasteiger partial charge in [-0.15, -0.1) is 0 Å². The van der Waals surface area contributed by atoms with Crippen molar-refractivity contribution in [3.05, 3.63) is 0 Å². The Morgan fingerprint density at radius 2 is 2.28 bits per heavy atom. The molecule has 0 radical (unpaired) electrons. The quantitative estimate of drug-likeness (QED) is 0.523. The summed E-state index contributed by atoms with van der Waals surface area (Å²) < 4.78 is 4.92. The fourth-order valence-electron chi connectivity index (χ4n) is 2.75. The summed E-state index contributed by atoms with van der Waals surface area (Å²) in [5.41, 5.74) is 4.55. The van der Waals surface area contributed by atoms with Gasteiger partial charge in [-0.2, -0.15) is 11.8 Å². The topological polar surface area (TPSA) is 81.4 Å². The second kappa shape index (κ2) is 6.99. The molecule has 5 nitrogen and oxygen atoms in total. The predicted molar refractivity (Wildman–Crippen MR) is 72.3 cm³/mol. The number of methoxy groups -OCH3 is 1. The third-order valence-corrected chi connectivity index (χ3v) is 4.68. The van der Waals surface area contributed by atoms with Gasteiger partial charge in [0.15, 0.2) is 0 Å². The monoisotopic (exact) mass is 274 g/mol. The molecule has 2 atom stereocenters. The molecule has 1 saturated carbocycles. The molecule has 1 aliphatic rings. The number of nitrogens with two attached hydrogens (primary N) is 1. The van der Waals surface area contributed by atoms with E-state index in [4.69, 9.17) is 10.5 Å². The average Bonchev–Trinajstić information content (AvgIpc) is 2.77. The molecule has 0 aromatic carbocycles. The van der Waals surface area contributed by atoms with Crippen molar-refractivity contribution in [2.24, 2.45) is 11.7 Å². The number of amides is 1. The molecule has 0 heterocycles. The van der Waals surface area contributed by atoms with Gasteiger partial charge in [0.25, 0.3) is 0 Å². The maximum atomic E-state index is 12.0. The van der Waals surface area contributed by atoms with Gasteiger partial charge in [-0.1, -0.05) is 6.42 Å². The van der Waals surface area contributed by atoms with Gasteiger partial charge in [0.05, 0.1) is 12.9 Å². The standard InChI is InChI=1S/C12H22N2O3S/c1-14-12(11(16)17-2)6-3-4-9(12)5-7-18-8-10(13)15/h9,14H,3-8H2,1-2H3,(H2,13,15). The molecule has 3 N–H and O–H groups in total. The van der Waals surface area contributed by atoms with E-state index in [9.17, 15) is 9.59 Å². The Hall–Kier alpha value is -0.750. The normalized spacial score (nSPS) is 27.1. The number of hydrogen-bond donors (Lipinski definition) is 2. The number of ether oxygens (including phenoxy) is 1. The van der Waals surface area contributed by atoms with Gasteiger partial charge >= 0.3 is 5.97 Å². The summed E-state index contributed by atoms with van der Waals surface area (Å²) in [7, 11) is 3.24. The largest absolute Gasteiger partial charge is 0.468 e. The number of carbonyl (C=O) groups excluding carboxylic acids is 2. The van der Waals surface area contributed by atoms with Crippen molar-refractivity contribution in [2.75, 3.05) is 25.7 Å². The van der Waals surface area contributed by atoms with E-state index in [1.165, 1.54) is 18.9 Å². The van der Waals surface area contributed by atoms with Gasteiger partial charge < -0.3 is 15.8 Å². The molecule has 1 fully saturated rings. The van der Waals surface area contributed by atoms with Crippen LogP contribution in [-0.2, 0) is 14.3 Å². The summed E-state index contributed by atoms with van der Waals surface area (Å²) in [6.45, 7) is 0. The fourth-order valence-corrected chi connectivity index (χ4v) is 3.55. The number of likely N-dealkylation sites (N-methyl/N-ethyl adjacent to an activating group) is 1. The van der Waals surface area contributed by atoms with Crippen LogP contribution in [0, 0.1) is 5.92 Å². The summed E-state index contributed by atoms with van der Waals surface area (Å²) in [5.74, 6) is 0.993. The van der Waals surface area contributed by atoms with Gasteiger partial charge in [0, 0.05) is 0 Å². The number of esters is 1. The second-order valence-electron chi connectivity index (χ2n) is 4.61. The minimum atomic E-state index is -0.540. The smallest absolute Gasteiger partial charge is 0.326 e. The third-order valence-electron chi connectivity index (χ3n) is 3.67. The maximum Gasteiger partial charge on any atom is 0.326 e. The molecule has 1 amide bonds. The zero-order valence-electron chi connectivity index (χ0n) is 11.0. The molecule has 0 aliphatic heterocycles. The van der Waals surface area contributed by atoms with Crippen LogP contribution in [0.3, 0.4) is 0 Å². The Morgan fingerprint density at radius 3 is 2.83 bits per heavy atom. The number of rotatable bonds is 7. The van der Waals surface area contributed by atoms with E-state index in [-0.39, 0.29) is 17.8 Å². The van der Waals surface area contributed by atoms with Gasteiger partial charge in [-0.25, -0.2) is 0 Å². The molecule has 1 rings (SSSR count). The van der Waals surface area contributed by atoms with Crippen molar-refractivity contribution in [3.63, 3.8) is 0 Å². The first-order chi connectivity index (χ1) is 8.56. The first-order valence-corrected chi connectivity index (χ1v) is 7.35. The summed E-state index contributed by atoms with van der Waals surface area (Å²) in [5, 5.41) is 3.15. The molecule has 0 spiro atoms. The third kappa shape index (κ3) is 3.38. The lowest BCUT2D eigenvalue weighted by Gasteiger charge is -2.32. The van der Waals surface area contributed by atoms with E-state index in [1.54, 1.807) is 0 Å². The van der Waals surface area contributed by atoms with Crippen LogP contribution in [0.1, 0.15) is 25.7 Å². The van der Waals surface area contributed by atoms with Crippen LogP contribution in [0.4, 0.5) is 0 Å². The first kappa shape index (κ1) is 15.3. The van der Waals surface area contributed by atoms with E-state index in [0.29, 0.717) is 5.75 Å². The van der Waals surface area contributed by atoms with Gasteiger partial charge in [-0.3, -0.25) is 9.59 Å². The van der Waals surface area contributed by atoms with E-state index in [0.717, 1.165) is 31.4 Å². The van der Waals surface area contributed by atoms with Crippen LogP contribution in [0.5, 0.6) is 0 Å². The fraction of sp³-hybridized carbons (Fsp3) is 0.833. The van der Waals surface area contributed by atoms with E-state index in [2.05, 4.69) is 5.32 Å². The minimum absolute atomic E-state index is 0.174. The number of carbonyl (C=O) groups is 2. The summed E-state index contributed by atoms with van der Waals surface area (Å²) in [4.78, 5) is 22.6. The second-order valence-corrected chi connectivity index (χ2v) is 5.71. The van der Waals surface area contributed by atoms with Crippen LogP contribution in [0.15, 0.2) is 0 Å². The molecular formula is C12H22N2O3S. The van der Waals surface area contributed by atoms with Crippen molar-refractivity contribution >= 4 is 23.6 Å². The average molecular weight is 274 g/mol. The predicted octanol–water partition coefficient (Wildman–Crippen LogP) is 0.526. The number of nitrogens with one attached hydrogen (secondary N) is 1. The van der Waals surface area contributed by atoms with Crippen molar-refractivity contribution in [1.29, 1.82) is 0 Å². The molecule has 0 saturated heterocycles. The number of thioether (sulfide) groups is 1. The summed E-state index contributed by atoms with van der Waals surface area (Å²) in [6, 6.07) is 0. The van der Waals surface area contributed by atoms with E-state index in [1.807, 2.05) is 7.05 Å². The van der Waals surface area contributed by atoms with Crippen LogP contribution < -0.4 is 11.1 Å². The molecule has 1 aliphatic carbocycles. The highest BCUT2D eigenvalue weighted by Gasteiger charge is 2.48. The summed E-state index contributed by atoms with van der Waals surface area (Å²) >= 11 is 1.52. The first-order valence-electron chi connectivity index (χ1n) is 6.20. The Kier molecular flexibility index (Phi) is 5.95. The van der Waals surface area contributed by atoms with Gasteiger partial charge in [0.1, 0.15) is 5.54 Å². The van der Waals surface area contributed by atoms with Crippen molar-refractivity contribution in [2.45, 2.75) is 31.2 Å². The van der Waals surface area contributed by atoms with Crippen molar-refractivity contribution in [1.82, 2.24) is 5.32 Å². The zero-order chi connectivity index (χ0) is 13.6. The molecular weight excluding hydrogens is 252 g/mol. The van der Waals surface area contributed by atoms with Crippen LogP contribution in [-0.4, -0.2) is 43.1 Å². The summed E-state index contributed by atoms with van der Waals surface area (Å²) in [6.07, 6.45) is 3.77. The lowest BCUT2D eigenvalue weighted by atomic mass is 9.85. The van der Waals surface area contributed by atoms with Gasteiger partial charge in [0.2, 0.25) is 5.91 Å². The molecule has 0 aromatic heterocycles. The Bertz CT molecular complexity index is 312. The molecule has 104 valence electrons. The minimum Gasteiger partial charge on any atom is -0.468 e. The van der Waals surface area contributed by atoms with Gasteiger partial charge in [-0.05, 0) is 38.0 Å². The Labute approximate surface area is 112 Å². The number of primary amides is 1. The highest BCUT2D eigenvalue weighted by atomic mass is 32.2. The number of hydrogen-bond acceptors (Lipinski definition) is 5. The molecule has 0 aromatic rings. The molecule has 0 bridgehead atoms. The zero-order valence-corrected chi connectivity index (χ0v) is 11.8. The highest BCUT2D eigenvalue weighted by Crippen LogP contribution is 2.39. The van der Waals surface area contributed by atoms with Crippen molar-refractivity contribution in [3.8, 4) is 0 Å². The maximum absolute atomic E-state index is 12.0.